The van der Waals surface area contributed by atoms with Crippen molar-refractivity contribution in [2.45, 2.75) is 51.7 Å². The van der Waals surface area contributed by atoms with Gasteiger partial charge in [-0.1, -0.05) is 0 Å². The second kappa shape index (κ2) is 8.96. The van der Waals surface area contributed by atoms with Crippen molar-refractivity contribution in [3.8, 4) is 0 Å². The van der Waals surface area contributed by atoms with Crippen LogP contribution < -0.4 is 10.6 Å². The predicted molar refractivity (Wildman–Crippen MR) is 87.3 cm³/mol. The van der Waals surface area contributed by atoms with Crippen molar-refractivity contribution in [3.63, 3.8) is 0 Å². The van der Waals surface area contributed by atoms with Crippen molar-refractivity contribution in [1.29, 1.82) is 0 Å². The van der Waals surface area contributed by atoms with E-state index in [0.717, 1.165) is 0 Å². The van der Waals surface area contributed by atoms with Crippen molar-refractivity contribution >= 4 is 29.5 Å². The number of likely N-dealkylation sites (tertiary alicyclic amines) is 1. The number of nitrogens with zero attached hydrogens (tertiary/aromatic N) is 1. The molecule has 2 N–H and O–H groups in total. The van der Waals surface area contributed by atoms with E-state index in [1.54, 1.807) is 25.7 Å². The van der Waals surface area contributed by atoms with Gasteiger partial charge in [-0.2, -0.15) is 0 Å². The molecule has 1 fully saturated rings. The van der Waals surface area contributed by atoms with E-state index in [1.165, 1.54) is 0 Å². The first kappa shape index (κ1) is 19.5. The second-order valence-corrected chi connectivity index (χ2v) is 6.89. The highest BCUT2D eigenvalue weighted by Crippen LogP contribution is 2.11. The van der Waals surface area contributed by atoms with Gasteiger partial charge in [0.1, 0.15) is 12.1 Å². The summed E-state index contributed by atoms with van der Waals surface area (Å²) in [4.78, 5) is 36.8. The number of carbonyl (C=O) groups is 3. The number of halogens is 1. The number of amides is 3. The fraction of sp³-hybridized carbons (Fsp3) is 0.800. The third-order valence-electron chi connectivity index (χ3n) is 3.31. The van der Waals surface area contributed by atoms with Crippen LogP contribution in [0.2, 0.25) is 0 Å². The third-order valence-corrected chi connectivity index (χ3v) is 3.50. The van der Waals surface area contributed by atoms with Gasteiger partial charge in [0.25, 0.3) is 0 Å². The summed E-state index contributed by atoms with van der Waals surface area (Å²) in [6.45, 7) is 6.37. The number of rotatable bonds is 5. The van der Waals surface area contributed by atoms with Gasteiger partial charge in [0.15, 0.2) is 0 Å². The molecule has 0 aromatic rings. The van der Waals surface area contributed by atoms with Crippen LogP contribution in [0.1, 0.15) is 40.0 Å². The molecule has 0 aliphatic carbocycles. The zero-order chi connectivity index (χ0) is 17.5. The lowest BCUT2D eigenvalue weighted by molar-refractivity contribution is -0.132. The Kier molecular flexibility index (Phi) is 7.61. The molecule has 8 heteroatoms. The summed E-state index contributed by atoms with van der Waals surface area (Å²) < 4.78 is 5.06. The molecule has 1 aliphatic rings. The molecule has 3 amide bonds. The van der Waals surface area contributed by atoms with Crippen molar-refractivity contribution in [2.24, 2.45) is 0 Å². The Morgan fingerprint density at radius 3 is 2.35 bits per heavy atom. The molecule has 0 unspecified atom stereocenters. The Labute approximate surface area is 142 Å². The molecule has 1 aliphatic heterocycles. The SMILES string of the molecule is CC(C)(C)OC(=O)NCC(=O)NC1CCN(C(=O)CCCl)CC1. The highest BCUT2D eigenvalue weighted by molar-refractivity contribution is 6.18. The molecule has 0 atom stereocenters. The first-order valence-corrected chi connectivity index (χ1v) is 8.34. The number of hydrogen-bond donors (Lipinski definition) is 2. The van der Waals surface area contributed by atoms with Crippen LogP contribution in [-0.2, 0) is 14.3 Å². The van der Waals surface area contributed by atoms with E-state index in [0.29, 0.717) is 38.2 Å². The van der Waals surface area contributed by atoms with E-state index in [9.17, 15) is 14.4 Å². The van der Waals surface area contributed by atoms with Crippen LogP contribution in [0.25, 0.3) is 0 Å². The van der Waals surface area contributed by atoms with Crippen molar-refractivity contribution in [3.05, 3.63) is 0 Å². The summed E-state index contributed by atoms with van der Waals surface area (Å²) in [7, 11) is 0. The Morgan fingerprint density at radius 2 is 1.83 bits per heavy atom. The Morgan fingerprint density at radius 1 is 1.22 bits per heavy atom. The fourth-order valence-corrected chi connectivity index (χ4v) is 2.42. The monoisotopic (exact) mass is 347 g/mol. The lowest BCUT2D eigenvalue weighted by Gasteiger charge is -2.32. The Bertz CT molecular complexity index is 429. The molecular formula is C15H26ClN3O4. The van der Waals surface area contributed by atoms with Crippen LogP contribution in [0.5, 0.6) is 0 Å². The summed E-state index contributed by atoms with van der Waals surface area (Å²) in [5.74, 6) is 0.115. The smallest absolute Gasteiger partial charge is 0.408 e. The number of alkyl halides is 1. The van der Waals surface area contributed by atoms with Gasteiger partial charge in [-0.15, -0.1) is 11.6 Å². The molecule has 7 nitrogen and oxygen atoms in total. The minimum absolute atomic E-state index is 0.0167. The maximum atomic E-state index is 11.8. The van der Waals surface area contributed by atoms with Gasteiger partial charge in [-0.25, -0.2) is 4.79 Å². The number of nitrogens with one attached hydrogen (secondary N) is 2. The van der Waals surface area contributed by atoms with Crippen LogP contribution in [0.4, 0.5) is 4.79 Å². The Balaban J connectivity index is 2.24. The normalized spacial score (nSPS) is 15.9. The number of piperidine rings is 1. The van der Waals surface area contributed by atoms with Gasteiger partial charge in [-0.3, -0.25) is 9.59 Å². The lowest BCUT2D eigenvalue weighted by atomic mass is 10.0. The third kappa shape index (κ3) is 8.06. The number of alkyl carbamates (subject to hydrolysis) is 1. The summed E-state index contributed by atoms with van der Waals surface area (Å²) >= 11 is 5.56. The predicted octanol–water partition coefficient (Wildman–Crippen LogP) is 1.25. The maximum Gasteiger partial charge on any atom is 0.408 e. The molecule has 23 heavy (non-hydrogen) atoms. The van der Waals surface area contributed by atoms with Gasteiger partial charge < -0.3 is 20.3 Å². The molecule has 132 valence electrons. The van der Waals surface area contributed by atoms with Gasteiger partial charge >= 0.3 is 6.09 Å². The minimum Gasteiger partial charge on any atom is -0.444 e. The van der Waals surface area contributed by atoms with Crippen LogP contribution in [0, 0.1) is 0 Å². The maximum absolute atomic E-state index is 11.8. The Hall–Kier alpha value is -1.50. The molecule has 1 saturated heterocycles. The van der Waals surface area contributed by atoms with Crippen molar-refractivity contribution in [2.75, 3.05) is 25.5 Å². The zero-order valence-corrected chi connectivity index (χ0v) is 14.7. The van der Waals surface area contributed by atoms with Crippen LogP contribution in [0.3, 0.4) is 0 Å². The van der Waals surface area contributed by atoms with Crippen molar-refractivity contribution < 1.29 is 19.1 Å². The van der Waals surface area contributed by atoms with E-state index >= 15 is 0 Å². The van der Waals surface area contributed by atoms with E-state index in [1.807, 2.05) is 0 Å². The van der Waals surface area contributed by atoms with Crippen LogP contribution in [0.15, 0.2) is 0 Å². The largest absolute Gasteiger partial charge is 0.444 e. The van der Waals surface area contributed by atoms with Crippen molar-refractivity contribution in [1.82, 2.24) is 15.5 Å². The quantitative estimate of drug-likeness (QED) is 0.733. The highest BCUT2D eigenvalue weighted by atomic mass is 35.5. The molecule has 1 heterocycles. The molecule has 0 radical (unpaired) electrons. The molecule has 0 saturated carbocycles. The first-order chi connectivity index (χ1) is 10.7. The molecule has 1 rings (SSSR count). The average molecular weight is 348 g/mol. The minimum atomic E-state index is -0.617. The van der Waals surface area contributed by atoms with Gasteiger partial charge in [0, 0.05) is 31.4 Å². The molecule has 0 spiro atoms. The standard InChI is InChI=1S/C15H26ClN3O4/c1-15(2,3)23-14(22)17-10-12(20)18-11-5-8-19(9-6-11)13(21)4-7-16/h11H,4-10H2,1-3H3,(H,17,22)(H,18,20). The average Bonchev–Trinajstić information content (AvgIpc) is 2.44. The summed E-state index contributed by atoms with van der Waals surface area (Å²) in [5, 5.41) is 5.28. The first-order valence-electron chi connectivity index (χ1n) is 7.81. The number of ether oxygens (including phenoxy) is 1. The number of carbonyl (C=O) groups excluding carboxylic acids is 3. The van der Waals surface area contributed by atoms with Crippen LogP contribution in [-0.4, -0.2) is 60.0 Å². The highest BCUT2D eigenvalue weighted by Gasteiger charge is 2.23. The molecular weight excluding hydrogens is 322 g/mol. The zero-order valence-electron chi connectivity index (χ0n) is 14.0. The summed E-state index contributed by atoms with van der Waals surface area (Å²) in [6.07, 6.45) is 1.13. The summed E-state index contributed by atoms with van der Waals surface area (Å²) in [5.41, 5.74) is -0.594. The van der Waals surface area contributed by atoms with Gasteiger partial charge in [0.2, 0.25) is 11.8 Å². The van der Waals surface area contributed by atoms with Gasteiger partial charge in [-0.05, 0) is 33.6 Å². The van der Waals surface area contributed by atoms with Gasteiger partial charge in [0.05, 0.1) is 0 Å². The van der Waals surface area contributed by atoms with E-state index in [2.05, 4.69) is 10.6 Å². The lowest BCUT2D eigenvalue weighted by Crippen LogP contribution is -2.49. The molecule has 0 bridgehead atoms. The molecule has 0 aromatic heterocycles. The summed E-state index contributed by atoms with van der Waals surface area (Å²) in [6, 6.07) is 0.0167. The number of hydrogen-bond acceptors (Lipinski definition) is 4. The molecule has 0 aromatic carbocycles. The van der Waals surface area contributed by atoms with E-state index in [-0.39, 0.29) is 24.4 Å². The second-order valence-electron chi connectivity index (χ2n) is 6.52. The van der Waals surface area contributed by atoms with Crippen LogP contribution >= 0.6 is 11.6 Å². The fourth-order valence-electron chi connectivity index (χ4n) is 2.26. The van der Waals surface area contributed by atoms with E-state index < -0.39 is 11.7 Å². The van der Waals surface area contributed by atoms with E-state index in [4.69, 9.17) is 16.3 Å². The topological polar surface area (TPSA) is 87.7 Å².